The first-order chi connectivity index (χ1) is 7.93. The van der Waals surface area contributed by atoms with E-state index >= 15 is 0 Å². The van der Waals surface area contributed by atoms with Crippen molar-refractivity contribution < 1.29 is 0 Å². The van der Waals surface area contributed by atoms with Crippen LogP contribution in [0.15, 0.2) is 12.4 Å². The molecule has 1 aliphatic rings. The summed E-state index contributed by atoms with van der Waals surface area (Å²) in [5.74, 6) is 2.16. The first-order valence-electron chi connectivity index (χ1n) is 6.62. The van der Waals surface area contributed by atoms with Crippen molar-refractivity contribution in [3.63, 3.8) is 0 Å². The minimum atomic E-state index is 0.424. The Morgan fingerprint density at radius 1 is 1.47 bits per heavy atom. The van der Waals surface area contributed by atoms with Crippen LogP contribution in [0.2, 0.25) is 0 Å². The van der Waals surface area contributed by atoms with Crippen molar-refractivity contribution in [2.75, 3.05) is 13.1 Å². The highest BCUT2D eigenvalue weighted by Gasteiger charge is 2.57. The van der Waals surface area contributed by atoms with Gasteiger partial charge in [0.25, 0.3) is 0 Å². The lowest BCUT2D eigenvalue weighted by Gasteiger charge is -2.07. The molecule has 1 aliphatic carbocycles. The quantitative estimate of drug-likeness (QED) is 0.849. The van der Waals surface area contributed by atoms with Gasteiger partial charge in [-0.25, -0.2) is 0 Å². The smallest absolute Gasteiger partial charge is 0.0524 e. The number of nitrogens with one attached hydrogen (secondary N) is 1. The lowest BCUT2D eigenvalue weighted by atomic mass is 10.1. The fraction of sp³-hybridized carbons (Fsp3) is 0.786. The van der Waals surface area contributed by atoms with Gasteiger partial charge in [0.15, 0.2) is 0 Å². The summed E-state index contributed by atoms with van der Waals surface area (Å²) in [6.07, 6.45) is 4.18. The summed E-state index contributed by atoms with van der Waals surface area (Å²) in [4.78, 5) is 0. The second-order valence-corrected chi connectivity index (χ2v) is 6.40. The zero-order chi connectivity index (χ0) is 12.6. The molecule has 1 aromatic rings. The maximum atomic E-state index is 4.28. The van der Waals surface area contributed by atoms with Crippen LogP contribution < -0.4 is 5.32 Å². The lowest BCUT2D eigenvalue weighted by molar-refractivity contribution is 0.487. The lowest BCUT2D eigenvalue weighted by Crippen LogP contribution is -2.23. The van der Waals surface area contributed by atoms with E-state index in [-0.39, 0.29) is 0 Å². The average molecular weight is 235 g/mol. The van der Waals surface area contributed by atoms with E-state index in [0.29, 0.717) is 11.3 Å². The molecule has 17 heavy (non-hydrogen) atoms. The first kappa shape index (κ1) is 12.6. The van der Waals surface area contributed by atoms with Gasteiger partial charge in [0, 0.05) is 13.2 Å². The number of aryl methyl sites for hydroxylation is 1. The molecule has 0 aliphatic heterocycles. The summed E-state index contributed by atoms with van der Waals surface area (Å²) in [6, 6.07) is 0. The van der Waals surface area contributed by atoms with Gasteiger partial charge in [0.2, 0.25) is 0 Å². The van der Waals surface area contributed by atoms with Crippen molar-refractivity contribution in [1.29, 1.82) is 0 Å². The van der Waals surface area contributed by atoms with Crippen molar-refractivity contribution in [2.45, 2.75) is 33.6 Å². The van der Waals surface area contributed by atoms with Crippen LogP contribution in [0.25, 0.3) is 0 Å². The summed E-state index contributed by atoms with van der Waals surface area (Å²) in [7, 11) is 1.99. The molecule has 1 heterocycles. The number of aromatic nitrogens is 2. The van der Waals surface area contributed by atoms with Gasteiger partial charge in [-0.2, -0.15) is 5.10 Å². The van der Waals surface area contributed by atoms with Crippen LogP contribution in [-0.4, -0.2) is 22.9 Å². The molecule has 1 saturated carbocycles. The Kier molecular flexibility index (Phi) is 3.30. The van der Waals surface area contributed by atoms with E-state index in [1.54, 1.807) is 0 Å². The van der Waals surface area contributed by atoms with Crippen molar-refractivity contribution in [2.24, 2.45) is 24.3 Å². The van der Waals surface area contributed by atoms with Gasteiger partial charge in [0.05, 0.1) is 6.20 Å². The van der Waals surface area contributed by atoms with Gasteiger partial charge in [0.1, 0.15) is 0 Å². The second-order valence-electron chi connectivity index (χ2n) is 6.40. The van der Waals surface area contributed by atoms with Crippen LogP contribution in [0.1, 0.15) is 39.2 Å². The Bertz CT molecular complexity index is 379. The molecule has 2 atom stereocenters. The summed E-state index contributed by atoms with van der Waals surface area (Å²) < 4.78 is 1.91. The third-order valence-corrected chi connectivity index (χ3v) is 4.05. The van der Waals surface area contributed by atoms with Crippen LogP contribution in [0, 0.1) is 17.3 Å². The molecule has 1 fully saturated rings. The van der Waals surface area contributed by atoms with E-state index in [0.717, 1.165) is 24.9 Å². The maximum absolute atomic E-state index is 4.28. The van der Waals surface area contributed by atoms with E-state index in [2.05, 4.69) is 44.3 Å². The molecule has 3 nitrogen and oxygen atoms in total. The minimum absolute atomic E-state index is 0.424. The molecule has 0 bridgehead atoms. The Morgan fingerprint density at radius 3 is 2.71 bits per heavy atom. The fourth-order valence-electron chi connectivity index (χ4n) is 2.92. The zero-order valence-corrected chi connectivity index (χ0v) is 11.7. The molecule has 0 amide bonds. The third-order valence-electron chi connectivity index (χ3n) is 4.05. The minimum Gasteiger partial charge on any atom is -0.316 e. The highest BCUT2D eigenvalue weighted by molar-refractivity contribution is 5.28. The summed E-state index contributed by atoms with van der Waals surface area (Å²) in [6.45, 7) is 11.5. The third kappa shape index (κ3) is 2.54. The van der Waals surface area contributed by atoms with Crippen molar-refractivity contribution >= 4 is 0 Å². The van der Waals surface area contributed by atoms with Crippen molar-refractivity contribution in [1.82, 2.24) is 15.1 Å². The van der Waals surface area contributed by atoms with Gasteiger partial charge in [-0.15, -0.1) is 0 Å². The van der Waals surface area contributed by atoms with Crippen LogP contribution in [-0.2, 0) is 7.05 Å². The molecule has 0 saturated heterocycles. The topological polar surface area (TPSA) is 29.9 Å². The highest BCUT2D eigenvalue weighted by Crippen LogP contribution is 2.63. The Balaban J connectivity index is 1.92. The predicted molar refractivity (Wildman–Crippen MR) is 70.9 cm³/mol. The fourth-order valence-corrected chi connectivity index (χ4v) is 2.92. The SMILES string of the molecule is CC(C)CNCC1C(c2cnn(C)c2)C1(C)C. The predicted octanol–water partition coefficient (Wildman–Crippen LogP) is 2.41. The van der Waals surface area contributed by atoms with E-state index in [4.69, 9.17) is 0 Å². The zero-order valence-electron chi connectivity index (χ0n) is 11.7. The Morgan fingerprint density at radius 2 is 2.18 bits per heavy atom. The van der Waals surface area contributed by atoms with Crippen LogP contribution in [0.5, 0.6) is 0 Å². The van der Waals surface area contributed by atoms with E-state index in [1.807, 2.05) is 17.9 Å². The van der Waals surface area contributed by atoms with Crippen molar-refractivity contribution in [3.8, 4) is 0 Å². The molecule has 2 unspecified atom stereocenters. The summed E-state index contributed by atoms with van der Waals surface area (Å²) in [5.41, 5.74) is 1.82. The maximum Gasteiger partial charge on any atom is 0.0524 e. The van der Waals surface area contributed by atoms with Gasteiger partial charge < -0.3 is 5.32 Å². The molecule has 1 aromatic heterocycles. The molecule has 0 radical (unpaired) electrons. The highest BCUT2D eigenvalue weighted by atomic mass is 15.2. The van der Waals surface area contributed by atoms with Gasteiger partial charge in [-0.1, -0.05) is 27.7 Å². The van der Waals surface area contributed by atoms with Crippen LogP contribution in [0.4, 0.5) is 0 Å². The molecule has 96 valence electrons. The van der Waals surface area contributed by atoms with Crippen LogP contribution >= 0.6 is 0 Å². The molecule has 2 rings (SSSR count). The number of hydrogen-bond donors (Lipinski definition) is 1. The number of rotatable bonds is 5. The normalized spacial score (nSPS) is 26.5. The van der Waals surface area contributed by atoms with Crippen molar-refractivity contribution in [3.05, 3.63) is 18.0 Å². The first-order valence-corrected chi connectivity index (χ1v) is 6.62. The number of nitrogens with zero attached hydrogens (tertiary/aromatic N) is 2. The summed E-state index contributed by atoms with van der Waals surface area (Å²) in [5, 5.41) is 7.86. The molecular weight excluding hydrogens is 210 g/mol. The monoisotopic (exact) mass is 235 g/mol. The Labute approximate surface area is 105 Å². The largest absolute Gasteiger partial charge is 0.316 e. The van der Waals surface area contributed by atoms with Crippen LogP contribution in [0.3, 0.4) is 0 Å². The van der Waals surface area contributed by atoms with Gasteiger partial charge in [-0.05, 0) is 41.8 Å². The summed E-state index contributed by atoms with van der Waals surface area (Å²) >= 11 is 0. The second kappa shape index (κ2) is 4.45. The molecule has 1 N–H and O–H groups in total. The molecule has 3 heteroatoms. The standard InChI is InChI=1S/C14H25N3/c1-10(2)6-15-8-12-13(14(12,3)4)11-7-16-17(5)9-11/h7,9-10,12-13,15H,6,8H2,1-5H3. The van der Waals surface area contributed by atoms with Gasteiger partial charge in [-0.3, -0.25) is 4.68 Å². The van der Waals surface area contributed by atoms with E-state index in [1.165, 1.54) is 5.56 Å². The van der Waals surface area contributed by atoms with E-state index < -0.39 is 0 Å². The Hall–Kier alpha value is -0.830. The number of hydrogen-bond acceptors (Lipinski definition) is 2. The molecular formula is C14H25N3. The van der Waals surface area contributed by atoms with E-state index in [9.17, 15) is 0 Å². The molecule has 0 spiro atoms. The van der Waals surface area contributed by atoms with Gasteiger partial charge >= 0.3 is 0 Å². The molecule has 0 aromatic carbocycles. The average Bonchev–Trinajstić information content (AvgIpc) is 2.56.